The fourth-order valence-electron chi connectivity index (χ4n) is 2.88. The highest BCUT2D eigenvalue weighted by atomic mass is 16.5. The maximum atomic E-state index is 12.4. The normalized spacial score (nSPS) is 19.5. The summed E-state index contributed by atoms with van der Waals surface area (Å²) in [5.74, 6) is 1.26. The summed E-state index contributed by atoms with van der Waals surface area (Å²) in [4.78, 5) is 12.4. The van der Waals surface area contributed by atoms with Crippen molar-refractivity contribution in [1.82, 2.24) is 10.6 Å². The van der Waals surface area contributed by atoms with Crippen molar-refractivity contribution < 1.29 is 13.9 Å². The molecular formula is C17H28N2O3. The van der Waals surface area contributed by atoms with E-state index in [9.17, 15) is 4.79 Å². The predicted octanol–water partition coefficient (Wildman–Crippen LogP) is 3.48. The summed E-state index contributed by atoms with van der Waals surface area (Å²) >= 11 is 0. The molecule has 2 N–H and O–H groups in total. The Balaban J connectivity index is 1.93. The third kappa shape index (κ3) is 4.50. The zero-order valence-electron chi connectivity index (χ0n) is 14.0. The molecule has 1 fully saturated rings. The van der Waals surface area contributed by atoms with Gasteiger partial charge in [-0.05, 0) is 43.2 Å². The summed E-state index contributed by atoms with van der Waals surface area (Å²) in [5.41, 5.74) is -0.128. The van der Waals surface area contributed by atoms with Crippen LogP contribution in [0.2, 0.25) is 0 Å². The van der Waals surface area contributed by atoms with E-state index >= 15 is 0 Å². The van der Waals surface area contributed by atoms with Crippen LogP contribution in [-0.4, -0.2) is 25.3 Å². The summed E-state index contributed by atoms with van der Waals surface area (Å²) in [6, 6.07) is 3.58. The quantitative estimate of drug-likeness (QED) is 0.895. The molecule has 2 heterocycles. The van der Waals surface area contributed by atoms with Crippen LogP contribution in [0.5, 0.6) is 0 Å². The second-order valence-corrected chi connectivity index (χ2v) is 7.17. The van der Waals surface area contributed by atoms with Gasteiger partial charge < -0.3 is 19.8 Å². The highest BCUT2D eigenvalue weighted by Gasteiger charge is 2.31. The summed E-state index contributed by atoms with van der Waals surface area (Å²) in [6.45, 7) is 9.90. The lowest BCUT2D eigenvalue weighted by molar-refractivity contribution is 0.0569. The van der Waals surface area contributed by atoms with E-state index in [0.29, 0.717) is 5.92 Å². The topological polar surface area (TPSA) is 63.5 Å². The maximum absolute atomic E-state index is 12.4. The van der Waals surface area contributed by atoms with E-state index in [-0.39, 0.29) is 23.5 Å². The zero-order chi connectivity index (χ0) is 16.2. The third-order valence-electron chi connectivity index (χ3n) is 4.30. The number of hydrogen-bond acceptors (Lipinski definition) is 3. The number of carbonyl (C=O) groups is 1. The van der Waals surface area contributed by atoms with Crippen LogP contribution in [-0.2, 0) is 4.74 Å². The Labute approximate surface area is 132 Å². The molecule has 2 amide bonds. The lowest BCUT2D eigenvalue weighted by atomic mass is 9.85. The van der Waals surface area contributed by atoms with Crippen molar-refractivity contribution in [2.75, 3.05) is 13.2 Å². The van der Waals surface area contributed by atoms with Gasteiger partial charge in [0.25, 0.3) is 0 Å². The van der Waals surface area contributed by atoms with Crippen LogP contribution in [0.25, 0.3) is 0 Å². The van der Waals surface area contributed by atoms with E-state index in [4.69, 9.17) is 9.15 Å². The Morgan fingerprint density at radius 3 is 2.50 bits per heavy atom. The minimum atomic E-state index is -0.163. The standard InChI is InChI=1S/C17H28N2O3/c1-12(13-7-10-21-11-8-13)18-16(20)19-15(17(2,3)4)14-6-5-9-22-14/h5-6,9,12-13,15H,7-8,10-11H2,1-4H3,(H2,18,19,20)/t12-,15-/m1/s1. The Hall–Kier alpha value is -1.49. The van der Waals surface area contributed by atoms with Crippen molar-refractivity contribution in [3.8, 4) is 0 Å². The molecule has 0 aliphatic carbocycles. The van der Waals surface area contributed by atoms with Gasteiger partial charge in [0.05, 0.1) is 12.3 Å². The van der Waals surface area contributed by atoms with Gasteiger partial charge in [-0.15, -0.1) is 0 Å². The van der Waals surface area contributed by atoms with Crippen molar-refractivity contribution in [2.24, 2.45) is 11.3 Å². The number of ether oxygens (including phenoxy) is 1. The van der Waals surface area contributed by atoms with Crippen LogP contribution in [0.3, 0.4) is 0 Å². The number of furan rings is 1. The lowest BCUT2D eigenvalue weighted by Crippen LogP contribution is -2.48. The summed E-state index contributed by atoms with van der Waals surface area (Å²) in [5, 5.41) is 6.12. The van der Waals surface area contributed by atoms with Gasteiger partial charge in [-0.2, -0.15) is 0 Å². The first-order chi connectivity index (χ1) is 10.4. The number of nitrogens with one attached hydrogen (secondary N) is 2. The largest absolute Gasteiger partial charge is 0.467 e. The van der Waals surface area contributed by atoms with Crippen molar-refractivity contribution in [3.63, 3.8) is 0 Å². The van der Waals surface area contributed by atoms with Gasteiger partial charge >= 0.3 is 6.03 Å². The molecule has 2 rings (SSSR count). The molecule has 1 aliphatic rings. The number of rotatable bonds is 4. The van der Waals surface area contributed by atoms with E-state index in [1.807, 2.05) is 12.1 Å². The molecule has 1 aromatic rings. The van der Waals surface area contributed by atoms with Gasteiger partial charge in [0.1, 0.15) is 5.76 Å². The van der Waals surface area contributed by atoms with E-state index in [1.165, 1.54) is 0 Å². The maximum Gasteiger partial charge on any atom is 0.315 e. The fourth-order valence-corrected chi connectivity index (χ4v) is 2.88. The van der Waals surface area contributed by atoms with Crippen molar-refractivity contribution in [2.45, 2.75) is 52.6 Å². The number of carbonyl (C=O) groups excluding carboxylic acids is 1. The highest BCUT2D eigenvalue weighted by molar-refractivity contribution is 5.74. The molecule has 0 saturated carbocycles. The molecule has 1 saturated heterocycles. The molecule has 0 radical (unpaired) electrons. The van der Waals surface area contributed by atoms with Gasteiger partial charge in [-0.25, -0.2) is 4.79 Å². The number of amides is 2. The molecule has 0 aromatic carbocycles. The van der Waals surface area contributed by atoms with Crippen LogP contribution < -0.4 is 10.6 Å². The minimum Gasteiger partial charge on any atom is -0.467 e. The Morgan fingerprint density at radius 2 is 1.95 bits per heavy atom. The van der Waals surface area contributed by atoms with Crippen LogP contribution in [0.4, 0.5) is 4.79 Å². The minimum absolute atomic E-state index is 0.128. The fraction of sp³-hybridized carbons (Fsp3) is 0.706. The Morgan fingerprint density at radius 1 is 1.27 bits per heavy atom. The first kappa shape index (κ1) is 16.9. The van der Waals surface area contributed by atoms with E-state index in [0.717, 1.165) is 31.8 Å². The monoisotopic (exact) mass is 308 g/mol. The van der Waals surface area contributed by atoms with E-state index in [2.05, 4.69) is 38.3 Å². The molecule has 2 atom stereocenters. The van der Waals surface area contributed by atoms with Gasteiger partial charge in [-0.1, -0.05) is 20.8 Å². The predicted molar refractivity (Wildman–Crippen MR) is 85.6 cm³/mol. The van der Waals surface area contributed by atoms with Crippen LogP contribution >= 0.6 is 0 Å². The third-order valence-corrected chi connectivity index (χ3v) is 4.30. The smallest absolute Gasteiger partial charge is 0.315 e. The molecule has 0 bridgehead atoms. The molecule has 1 aromatic heterocycles. The van der Waals surface area contributed by atoms with Crippen LogP contribution in [0.15, 0.2) is 22.8 Å². The van der Waals surface area contributed by atoms with Crippen molar-refractivity contribution >= 4 is 6.03 Å². The van der Waals surface area contributed by atoms with Gasteiger partial charge in [-0.3, -0.25) is 0 Å². The first-order valence-electron chi connectivity index (χ1n) is 8.06. The van der Waals surface area contributed by atoms with Crippen LogP contribution in [0.1, 0.15) is 52.3 Å². The van der Waals surface area contributed by atoms with Gasteiger partial charge in [0.15, 0.2) is 0 Å². The van der Waals surface area contributed by atoms with Crippen molar-refractivity contribution in [1.29, 1.82) is 0 Å². The van der Waals surface area contributed by atoms with E-state index < -0.39 is 0 Å². The molecule has 1 aliphatic heterocycles. The highest BCUT2D eigenvalue weighted by Crippen LogP contribution is 2.32. The van der Waals surface area contributed by atoms with Gasteiger partial charge in [0.2, 0.25) is 0 Å². The molecule has 0 unspecified atom stereocenters. The van der Waals surface area contributed by atoms with Gasteiger partial charge in [0, 0.05) is 19.3 Å². The average molecular weight is 308 g/mol. The SMILES string of the molecule is C[C@@H](NC(=O)N[C@H](c1ccco1)C(C)(C)C)C1CCOCC1. The molecule has 22 heavy (non-hydrogen) atoms. The Kier molecular flexibility index (Phi) is 5.51. The van der Waals surface area contributed by atoms with E-state index in [1.54, 1.807) is 6.26 Å². The summed E-state index contributed by atoms with van der Waals surface area (Å²) < 4.78 is 10.9. The zero-order valence-corrected chi connectivity index (χ0v) is 14.0. The second kappa shape index (κ2) is 7.18. The second-order valence-electron chi connectivity index (χ2n) is 7.17. The molecule has 5 heteroatoms. The summed E-state index contributed by atoms with van der Waals surface area (Å²) in [6.07, 6.45) is 3.64. The molecule has 0 spiro atoms. The summed E-state index contributed by atoms with van der Waals surface area (Å²) in [7, 11) is 0. The average Bonchev–Trinajstić information content (AvgIpc) is 2.98. The lowest BCUT2D eigenvalue weighted by Gasteiger charge is -2.32. The Bertz CT molecular complexity index is 459. The number of hydrogen-bond donors (Lipinski definition) is 2. The number of urea groups is 1. The molecule has 5 nitrogen and oxygen atoms in total. The molecular weight excluding hydrogens is 280 g/mol. The van der Waals surface area contributed by atoms with Crippen LogP contribution in [0, 0.1) is 11.3 Å². The molecule has 124 valence electrons. The van der Waals surface area contributed by atoms with Crippen molar-refractivity contribution in [3.05, 3.63) is 24.2 Å². The first-order valence-corrected chi connectivity index (χ1v) is 8.06.